The van der Waals surface area contributed by atoms with Crippen molar-refractivity contribution in [3.8, 4) is 6.07 Å². The molecule has 0 aromatic carbocycles. The molecule has 1 saturated heterocycles. The lowest BCUT2D eigenvalue weighted by molar-refractivity contribution is -0.242. The molecule has 1 atom stereocenters. The van der Waals surface area contributed by atoms with E-state index in [2.05, 4.69) is 26.8 Å². The summed E-state index contributed by atoms with van der Waals surface area (Å²) in [5, 5.41) is 11.3. The average molecular weight is 210 g/mol. The molecule has 0 aromatic heterocycles. The van der Waals surface area contributed by atoms with Crippen LogP contribution in [0.2, 0.25) is 0 Å². The van der Waals surface area contributed by atoms with Crippen LogP contribution >= 0.6 is 0 Å². The first-order valence-electron chi connectivity index (χ1n) is 5.47. The lowest BCUT2D eigenvalue weighted by Gasteiger charge is -2.46. The van der Waals surface area contributed by atoms with Gasteiger partial charge in [-0.3, -0.25) is 0 Å². The Balaban J connectivity index is 3.12. The molecule has 3 heteroatoms. The SMILES string of the molecule is CON1C(C)(C)CCC1(C)C(C)(C)C#N. The predicted molar refractivity (Wildman–Crippen MR) is 60.0 cm³/mol. The van der Waals surface area contributed by atoms with Crippen LogP contribution in [0.5, 0.6) is 0 Å². The fraction of sp³-hybridized carbons (Fsp3) is 0.917. The Bertz CT molecular complexity index is 290. The molecule has 3 nitrogen and oxygen atoms in total. The summed E-state index contributed by atoms with van der Waals surface area (Å²) in [6.07, 6.45) is 2.05. The first-order valence-corrected chi connectivity index (χ1v) is 5.47. The molecule has 1 fully saturated rings. The molecule has 0 saturated carbocycles. The minimum Gasteiger partial charge on any atom is -0.301 e. The lowest BCUT2D eigenvalue weighted by Crippen LogP contribution is -2.56. The van der Waals surface area contributed by atoms with Gasteiger partial charge in [-0.1, -0.05) is 0 Å². The van der Waals surface area contributed by atoms with E-state index in [1.165, 1.54) is 0 Å². The molecular weight excluding hydrogens is 188 g/mol. The highest BCUT2D eigenvalue weighted by molar-refractivity contribution is 5.14. The summed E-state index contributed by atoms with van der Waals surface area (Å²) in [5.74, 6) is 0. The third-order valence-electron chi connectivity index (χ3n) is 4.03. The van der Waals surface area contributed by atoms with Gasteiger partial charge in [-0.2, -0.15) is 10.3 Å². The second kappa shape index (κ2) is 3.47. The number of nitriles is 1. The maximum Gasteiger partial charge on any atom is 0.0721 e. The van der Waals surface area contributed by atoms with Gasteiger partial charge in [0.2, 0.25) is 0 Å². The third kappa shape index (κ3) is 1.66. The number of rotatable bonds is 2. The quantitative estimate of drug-likeness (QED) is 0.703. The summed E-state index contributed by atoms with van der Waals surface area (Å²) in [5.41, 5.74) is -0.603. The predicted octanol–water partition coefficient (Wildman–Crippen LogP) is 2.73. The molecule has 1 aliphatic rings. The normalized spacial score (nSPS) is 31.5. The van der Waals surface area contributed by atoms with Crippen molar-refractivity contribution >= 4 is 0 Å². The van der Waals surface area contributed by atoms with Gasteiger partial charge >= 0.3 is 0 Å². The van der Waals surface area contributed by atoms with Gasteiger partial charge in [-0.15, -0.1) is 0 Å². The lowest BCUT2D eigenvalue weighted by atomic mass is 9.73. The van der Waals surface area contributed by atoms with Crippen LogP contribution in [0, 0.1) is 16.7 Å². The van der Waals surface area contributed by atoms with Gasteiger partial charge in [-0.05, 0) is 47.5 Å². The molecule has 0 bridgehead atoms. The summed E-state index contributed by atoms with van der Waals surface area (Å²) >= 11 is 0. The van der Waals surface area contributed by atoms with E-state index in [0.29, 0.717) is 0 Å². The van der Waals surface area contributed by atoms with Crippen LogP contribution in [0.15, 0.2) is 0 Å². The first kappa shape index (κ1) is 12.5. The fourth-order valence-corrected chi connectivity index (χ4v) is 2.56. The standard InChI is InChI=1S/C12H22N2O/c1-10(2,9-13)12(5)8-7-11(3,4)14(12)15-6/h7-8H2,1-6H3. The van der Waals surface area contributed by atoms with E-state index < -0.39 is 5.41 Å². The molecule has 0 aromatic rings. The van der Waals surface area contributed by atoms with Crippen LogP contribution in [-0.2, 0) is 4.84 Å². The van der Waals surface area contributed by atoms with E-state index in [4.69, 9.17) is 4.84 Å². The largest absolute Gasteiger partial charge is 0.301 e. The van der Waals surface area contributed by atoms with Crippen molar-refractivity contribution in [3.05, 3.63) is 0 Å². The second-order valence-electron chi connectivity index (χ2n) is 5.80. The number of hydrogen-bond donors (Lipinski definition) is 0. The Hall–Kier alpha value is -0.590. The highest BCUT2D eigenvalue weighted by atomic mass is 16.7. The van der Waals surface area contributed by atoms with Crippen LogP contribution in [0.3, 0.4) is 0 Å². The van der Waals surface area contributed by atoms with Gasteiger partial charge in [0.1, 0.15) is 0 Å². The molecular formula is C12H22N2O. The van der Waals surface area contributed by atoms with E-state index in [0.717, 1.165) is 12.8 Å². The summed E-state index contributed by atoms with van der Waals surface area (Å²) in [6.45, 7) is 10.4. The van der Waals surface area contributed by atoms with Crippen LogP contribution in [0.4, 0.5) is 0 Å². The van der Waals surface area contributed by atoms with Crippen molar-refractivity contribution in [1.29, 1.82) is 5.26 Å². The molecule has 86 valence electrons. The smallest absolute Gasteiger partial charge is 0.0721 e. The molecule has 0 radical (unpaired) electrons. The maximum absolute atomic E-state index is 9.27. The summed E-state index contributed by atoms with van der Waals surface area (Å²) in [6, 6.07) is 2.40. The fourth-order valence-electron chi connectivity index (χ4n) is 2.56. The van der Waals surface area contributed by atoms with Crippen molar-refractivity contribution in [2.24, 2.45) is 5.41 Å². The summed E-state index contributed by atoms with van der Waals surface area (Å²) < 4.78 is 0. The third-order valence-corrected chi connectivity index (χ3v) is 4.03. The van der Waals surface area contributed by atoms with Gasteiger partial charge in [-0.25, -0.2) is 0 Å². The Kier molecular flexibility index (Phi) is 2.88. The van der Waals surface area contributed by atoms with E-state index in [1.54, 1.807) is 7.11 Å². The van der Waals surface area contributed by atoms with Crippen molar-refractivity contribution in [2.75, 3.05) is 7.11 Å². The van der Waals surface area contributed by atoms with Gasteiger partial charge < -0.3 is 4.84 Å². The van der Waals surface area contributed by atoms with Crippen molar-refractivity contribution in [3.63, 3.8) is 0 Å². The van der Waals surface area contributed by atoms with Crippen molar-refractivity contribution in [2.45, 2.75) is 58.5 Å². The highest BCUT2D eigenvalue weighted by Crippen LogP contribution is 2.49. The Morgan fingerprint density at radius 3 is 2.20 bits per heavy atom. The molecule has 0 aliphatic carbocycles. The Morgan fingerprint density at radius 1 is 1.27 bits per heavy atom. The van der Waals surface area contributed by atoms with Crippen LogP contribution < -0.4 is 0 Å². The second-order valence-corrected chi connectivity index (χ2v) is 5.80. The van der Waals surface area contributed by atoms with Crippen molar-refractivity contribution in [1.82, 2.24) is 5.06 Å². The zero-order chi connectivity index (χ0) is 11.9. The van der Waals surface area contributed by atoms with Gasteiger partial charge in [0.25, 0.3) is 0 Å². The molecule has 0 spiro atoms. The highest BCUT2D eigenvalue weighted by Gasteiger charge is 2.56. The molecule has 1 aliphatic heterocycles. The van der Waals surface area contributed by atoms with Gasteiger partial charge in [0, 0.05) is 5.54 Å². The molecule has 1 unspecified atom stereocenters. The van der Waals surface area contributed by atoms with Gasteiger partial charge in [0.15, 0.2) is 0 Å². The zero-order valence-corrected chi connectivity index (χ0v) is 10.7. The van der Waals surface area contributed by atoms with Crippen LogP contribution in [-0.4, -0.2) is 23.3 Å². The molecule has 0 amide bonds. The molecule has 1 heterocycles. The van der Waals surface area contributed by atoms with Crippen LogP contribution in [0.1, 0.15) is 47.5 Å². The molecule has 1 rings (SSSR count). The molecule has 0 N–H and O–H groups in total. The van der Waals surface area contributed by atoms with E-state index in [-0.39, 0.29) is 11.1 Å². The van der Waals surface area contributed by atoms with Crippen LogP contribution in [0.25, 0.3) is 0 Å². The summed E-state index contributed by atoms with van der Waals surface area (Å²) in [4.78, 5) is 5.51. The molecule has 15 heavy (non-hydrogen) atoms. The Morgan fingerprint density at radius 2 is 1.80 bits per heavy atom. The number of hydrogen-bond acceptors (Lipinski definition) is 3. The topological polar surface area (TPSA) is 36.3 Å². The van der Waals surface area contributed by atoms with E-state index in [1.807, 2.05) is 18.9 Å². The Labute approximate surface area is 93.0 Å². The van der Waals surface area contributed by atoms with E-state index in [9.17, 15) is 5.26 Å². The zero-order valence-electron chi connectivity index (χ0n) is 10.7. The van der Waals surface area contributed by atoms with Gasteiger partial charge in [0.05, 0.1) is 24.1 Å². The number of hydroxylamine groups is 2. The average Bonchev–Trinajstić information content (AvgIpc) is 2.38. The minimum absolute atomic E-state index is 0.0115. The minimum atomic E-state index is -0.406. The van der Waals surface area contributed by atoms with E-state index >= 15 is 0 Å². The number of nitrogens with zero attached hydrogens (tertiary/aromatic N) is 2. The monoisotopic (exact) mass is 210 g/mol. The first-order chi connectivity index (χ1) is 6.71. The van der Waals surface area contributed by atoms with Crippen molar-refractivity contribution < 1.29 is 4.84 Å². The maximum atomic E-state index is 9.27. The summed E-state index contributed by atoms with van der Waals surface area (Å²) in [7, 11) is 1.69.